The summed E-state index contributed by atoms with van der Waals surface area (Å²) in [7, 11) is 0. The number of benzene rings is 1. The largest absolute Gasteiger partial charge is 0.481 e. The summed E-state index contributed by atoms with van der Waals surface area (Å²) in [5, 5.41) is 12.1. The highest BCUT2D eigenvalue weighted by atomic mass is 35.5. The number of aliphatic carboxylic acids is 1. The number of carboxylic acid groups (broad SMARTS) is 1. The van der Waals surface area contributed by atoms with Crippen LogP contribution in [0.1, 0.15) is 37.6 Å². The second-order valence-electron chi connectivity index (χ2n) is 5.50. The number of hydrogen-bond donors (Lipinski definition) is 2. The molecule has 0 saturated carbocycles. The highest BCUT2D eigenvalue weighted by molar-refractivity contribution is 6.30. The molecule has 0 aliphatic heterocycles. The number of halogens is 1. The summed E-state index contributed by atoms with van der Waals surface area (Å²) in [6.07, 6.45) is -0.115. The first-order chi connectivity index (χ1) is 8.70. The van der Waals surface area contributed by atoms with Crippen LogP contribution in [0.2, 0.25) is 5.02 Å². The molecule has 0 heterocycles. The highest BCUT2D eigenvalue weighted by Gasteiger charge is 2.28. The average molecular weight is 284 g/mol. The van der Waals surface area contributed by atoms with Crippen molar-refractivity contribution >= 4 is 23.5 Å². The van der Waals surface area contributed by atoms with Crippen LogP contribution in [0.4, 0.5) is 0 Å². The number of nitrogens with one attached hydrogen (secondary N) is 1. The van der Waals surface area contributed by atoms with Gasteiger partial charge in [-0.3, -0.25) is 9.59 Å². The summed E-state index contributed by atoms with van der Waals surface area (Å²) in [6, 6.07) is 6.10. The lowest BCUT2D eigenvalue weighted by atomic mass is 9.84. The molecule has 2 N–H and O–H groups in total. The van der Waals surface area contributed by atoms with Crippen molar-refractivity contribution in [2.75, 3.05) is 0 Å². The maximum atomic E-state index is 12.1. The van der Waals surface area contributed by atoms with Crippen molar-refractivity contribution in [2.24, 2.45) is 5.41 Å². The van der Waals surface area contributed by atoms with E-state index in [1.165, 1.54) is 0 Å². The SMILES string of the molecule is CC(C)(C)C(CC(=O)O)NC(=O)c1cccc(Cl)c1. The van der Waals surface area contributed by atoms with Crippen LogP contribution in [0.5, 0.6) is 0 Å². The molecule has 1 amide bonds. The second kappa shape index (κ2) is 6.06. The summed E-state index contributed by atoms with van der Waals surface area (Å²) in [5.41, 5.74) is 0.0826. The van der Waals surface area contributed by atoms with E-state index in [0.29, 0.717) is 10.6 Å². The third-order valence-electron chi connectivity index (χ3n) is 2.82. The van der Waals surface area contributed by atoms with Crippen molar-refractivity contribution in [3.05, 3.63) is 34.9 Å². The topological polar surface area (TPSA) is 66.4 Å². The second-order valence-corrected chi connectivity index (χ2v) is 5.94. The molecule has 0 radical (unpaired) electrons. The lowest BCUT2D eigenvalue weighted by Gasteiger charge is -2.30. The Kier molecular flexibility index (Phi) is 4.95. The Morgan fingerprint density at radius 3 is 2.47 bits per heavy atom. The maximum absolute atomic E-state index is 12.1. The van der Waals surface area contributed by atoms with Gasteiger partial charge in [-0.2, -0.15) is 0 Å². The molecule has 5 heteroatoms. The van der Waals surface area contributed by atoms with Crippen molar-refractivity contribution < 1.29 is 14.7 Å². The van der Waals surface area contributed by atoms with Gasteiger partial charge in [0.15, 0.2) is 0 Å². The molecule has 4 nitrogen and oxygen atoms in total. The summed E-state index contributed by atoms with van der Waals surface area (Å²) in [6.45, 7) is 5.66. The molecule has 104 valence electrons. The lowest BCUT2D eigenvalue weighted by molar-refractivity contribution is -0.138. The predicted molar refractivity (Wildman–Crippen MR) is 74.4 cm³/mol. The normalized spacial score (nSPS) is 12.8. The van der Waals surface area contributed by atoms with Crippen molar-refractivity contribution in [3.8, 4) is 0 Å². The lowest BCUT2D eigenvalue weighted by Crippen LogP contribution is -2.45. The molecule has 0 saturated heterocycles. The average Bonchev–Trinajstić information content (AvgIpc) is 2.26. The zero-order chi connectivity index (χ0) is 14.6. The van der Waals surface area contributed by atoms with Crippen LogP contribution >= 0.6 is 11.6 Å². The Morgan fingerprint density at radius 1 is 1.37 bits per heavy atom. The van der Waals surface area contributed by atoms with Gasteiger partial charge < -0.3 is 10.4 Å². The van der Waals surface area contributed by atoms with Gasteiger partial charge in [-0.15, -0.1) is 0 Å². The van der Waals surface area contributed by atoms with Gasteiger partial charge in [0.2, 0.25) is 0 Å². The number of carboxylic acids is 1. The monoisotopic (exact) mass is 283 g/mol. The van der Waals surface area contributed by atoms with E-state index in [9.17, 15) is 9.59 Å². The van der Waals surface area contributed by atoms with Crippen LogP contribution in [-0.4, -0.2) is 23.0 Å². The molecule has 1 rings (SSSR count). The van der Waals surface area contributed by atoms with Crippen molar-refractivity contribution in [3.63, 3.8) is 0 Å². The van der Waals surface area contributed by atoms with E-state index >= 15 is 0 Å². The van der Waals surface area contributed by atoms with Crippen LogP contribution in [0, 0.1) is 5.41 Å². The number of carbonyl (C=O) groups is 2. The van der Waals surface area contributed by atoms with Crippen LogP contribution in [0.25, 0.3) is 0 Å². The fraction of sp³-hybridized carbons (Fsp3) is 0.429. The predicted octanol–water partition coefficient (Wildman–Crippen LogP) is 2.96. The number of hydrogen-bond acceptors (Lipinski definition) is 2. The molecule has 19 heavy (non-hydrogen) atoms. The van der Waals surface area contributed by atoms with Crippen molar-refractivity contribution in [1.29, 1.82) is 0 Å². The fourth-order valence-electron chi connectivity index (χ4n) is 1.62. The van der Waals surface area contributed by atoms with Gasteiger partial charge in [-0.25, -0.2) is 0 Å². The molecule has 1 aromatic carbocycles. The van der Waals surface area contributed by atoms with E-state index in [4.69, 9.17) is 16.7 Å². The van der Waals surface area contributed by atoms with E-state index in [1.807, 2.05) is 20.8 Å². The van der Waals surface area contributed by atoms with E-state index in [1.54, 1.807) is 24.3 Å². The minimum Gasteiger partial charge on any atom is -0.481 e. The first-order valence-corrected chi connectivity index (χ1v) is 6.36. The number of rotatable bonds is 4. The summed E-state index contributed by atoms with van der Waals surface area (Å²) in [5.74, 6) is -1.25. The van der Waals surface area contributed by atoms with E-state index in [-0.39, 0.29) is 17.7 Å². The molecule has 0 bridgehead atoms. The van der Waals surface area contributed by atoms with E-state index in [2.05, 4.69) is 5.32 Å². The fourth-order valence-corrected chi connectivity index (χ4v) is 1.81. The third kappa shape index (κ3) is 4.91. The quantitative estimate of drug-likeness (QED) is 0.893. The van der Waals surface area contributed by atoms with E-state index < -0.39 is 12.0 Å². The molecular weight excluding hydrogens is 266 g/mol. The van der Waals surface area contributed by atoms with Crippen molar-refractivity contribution in [2.45, 2.75) is 33.2 Å². The first-order valence-electron chi connectivity index (χ1n) is 5.98. The Bertz CT molecular complexity index is 480. The van der Waals surface area contributed by atoms with E-state index in [0.717, 1.165) is 0 Å². The minimum absolute atomic E-state index is 0.115. The summed E-state index contributed by atoms with van der Waals surface area (Å²) in [4.78, 5) is 22.9. The summed E-state index contributed by atoms with van der Waals surface area (Å²) >= 11 is 5.83. The van der Waals surface area contributed by atoms with Gasteiger partial charge in [-0.1, -0.05) is 38.4 Å². The highest BCUT2D eigenvalue weighted by Crippen LogP contribution is 2.22. The third-order valence-corrected chi connectivity index (χ3v) is 3.05. The minimum atomic E-state index is -0.939. The van der Waals surface area contributed by atoms with Gasteiger partial charge >= 0.3 is 5.97 Å². The molecular formula is C14H18ClNO3. The first kappa shape index (κ1) is 15.5. The van der Waals surface area contributed by atoms with Crippen molar-refractivity contribution in [1.82, 2.24) is 5.32 Å². The molecule has 0 aliphatic rings. The molecule has 0 spiro atoms. The van der Waals surface area contributed by atoms with Gasteiger partial charge in [0.25, 0.3) is 5.91 Å². The molecule has 0 aliphatic carbocycles. The molecule has 1 unspecified atom stereocenters. The summed E-state index contributed by atoms with van der Waals surface area (Å²) < 4.78 is 0. The Balaban J connectivity index is 2.85. The standard InChI is InChI=1S/C14H18ClNO3/c1-14(2,3)11(8-12(17)18)16-13(19)9-5-4-6-10(15)7-9/h4-7,11H,8H2,1-3H3,(H,16,19)(H,17,18). The maximum Gasteiger partial charge on any atom is 0.305 e. The van der Waals surface area contributed by atoms with Crippen LogP contribution < -0.4 is 5.32 Å². The van der Waals surface area contributed by atoms with Gasteiger partial charge in [0.1, 0.15) is 0 Å². The van der Waals surface area contributed by atoms with Gasteiger partial charge in [0.05, 0.1) is 6.42 Å². The van der Waals surface area contributed by atoms with Crippen LogP contribution in [0.3, 0.4) is 0 Å². The Morgan fingerprint density at radius 2 is 2.00 bits per heavy atom. The molecule has 0 fully saturated rings. The Hall–Kier alpha value is -1.55. The number of carbonyl (C=O) groups excluding carboxylic acids is 1. The smallest absolute Gasteiger partial charge is 0.305 e. The van der Waals surface area contributed by atoms with Crippen LogP contribution in [-0.2, 0) is 4.79 Å². The molecule has 1 aromatic rings. The zero-order valence-corrected chi connectivity index (χ0v) is 12.0. The zero-order valence-electron chi connectivity index (χ0n) is 11.2. The molecule has 0 aromatic heterocycles. The Labute approximate surface area is 117 Å². The van der Waals surface area contributed by atoms with Gasteiger partial charge in [0, 0.05) is 16.6 Å². The van der Waals surface area contributed by atoms with Crippen LogP contribution in [0.15, 0.2) is 24.3 Å². The molecule has 1 atom stereocenters. The van der Waals surface area contributed by atoms with Gasteiger partial charge in [-0.05, 0) is 23.6 Å². The number of amides is 1.